The van der Waals surface area contributed by atoms with Crippen molar-refractivity contribution in [2.45, 2.75) is 71.3 Å². The van der Waals surface area contributed by atoms with Gasteiger partial charge < -0.3 is 5.32 Å². The summed E-state index contributed by atoms with van der Waals surface area (Å²) in [5.41, 5.74) is 0.802. The Bertz CT molecular complexity index is 182. The number of hydrogen-bond acceptors (Lipinski definition) is 1. The van der Waals surface area contributed by atoms with Gasteiger partial charge in [-0.2, -0.15) is 0 Å². The van der Waals surface area contributed by atoms with E-state index in [1.165, 1.54) is 57.9 Å². The van der Waals surface area contributed by atoms with E-state index < -0.39 is 0 Å². The Kier molecular flexibility index (Phi) is 3.71. The predicted octanol–water partition coefficient (Wildman–Crippen LogP) is 3.74. The average molecular weight is 209 g/mol. The Labute approximate surface area is 95.0 Å². The molecule has 0 radical (unpaired) electrons. The van der Waals surface area contributed by atoms with Crippen molar-refractivity contribution in [2.24, 2.45) is 11.3 Å². The van der Waals surface area contributed by atoms with Gasteiger partial charge in [-0.05, 0) is 56.4 Å². The minimum absolute atomic E-state index is 0.798. The zero-order valence-corrected chi connectivity index (χ0v) is 10.5. The molecule has 1 N–H and O–H groups in total. The van der Waals surface area contributed by atoms with Gasteiger partial charge in [-0.3, -0.25) is 0 Å². The van der Waals surface area contributed by atoms with Crippen LogP contribution in [0.2, 0.25) is 0 Å². The Balaban J connectivity index is 1.72. The maximum atomic E-state index is 3.73. The molecule has 15 heavy (non-hydrogen) atoms. The maximum Gasteiger partial charge on any atom is 0.00675 e. The molecule has 2 aliphatic carbocycles. The molecule has 0 atom stereocenters. The van der Waals surface area contributed by atoms with E-state index in [2.05, 4.69) is 19.2 Å². The standard InChI is InChI=1S/C14H27N/c1-12(2)11-15-13-5-9-14(10-6-13)7-3-4-8-14/h12-13,15H,3-11H2,1-2H3. The Morgan fingerprint density at radius 3 is 2.20 bits per heavy atom. The van der Waals surface area contributed by atoms with Crippen LogP contribution in [0.4, 0.5) is 0 Å². The van der Waals surface area contributed by atoms with E-state index in [-0.39, 0.29) is 0 Å². The fourth-order valence-corrected chi connectivity index (χ4v) is 3.46. The first-order valence-corrected chi connectivity index (χ1v) is 6.94. The van der Waals surface area contributed by atoms with Crippen molar-refractivity contribution >= 4 is 0 Å². The molecule has 2 fully saturated rings. The van der Waals surface area contributed by atoms with Gasteiger partial charge in [0.05, 0.1) is 0 Å². The van der Waals surface area contributed by atoms with Crippen molar-refractivity contribution in [3.05, 3.63) is 0 Å². The van der Waals surface area contributed by atoms with Gasteiger partial charge in [0, 0.05) is 6.04 Å². The van der Waals surface area contributed by atoms with Crippen LogP contribution in [-0.2, 0) is 0 Å². The molecule has 88 valence electrons. The maximum absolute atomic E-state index is 3.73. The normalized spacial score (nSPS) is 26.6. The van der Waals surface area contributed by atoms with Crippen molar-refractivity contribution in [2.75, 3.05) is 6.54 Å². The van der Waals surface area contributed by atoms with Gasteiger partial charge >= 0.3 is 0 Å². The van der Waals surface area contributed by atoms with E-state index >= 15 is 0 Å². The second-order valence-electron chi connectivity index (χ2n) is 6.28. The van der Waals surface area contributed by atoms with E-state index in [0.717, 1.165) is 17.4 Å². The van der Waals surface area contributed by atoms with Gasteiger partial charge in [0.2, 0.25) is 0 Å². The summed E-state index contributed by atoms with van der Waals surface area (Å²) in [5, 5.41) is 3.73. The van der Waals surface area contributed by atoms with Crippen molar-refractivity contribution < 1.29 is 0 Å². The van der Waals surface area contributed by atoms with Crippen LogP contribution in [0.1, 0.15) is 65.2 Å². The highest BCUT2D eigenvalue weighted by molar-refractivity contribution is 4.91. The zero-order chi connectivity index (χ0) is 10.7. The number of hydrogen-bond donors (Lipinski definition) is 1. The lowest BCUT2D eigenvalue weighted by atomic mass is 9.71. The van der Waals surface area contributed by atoms with Crippen LogP contribution in [0.5, 0.6) is 0 Å². The van der Waals surface area contributed by atoms with Crippen LogP contribution in [0.25, 0.3) is 0 Å². The second-order valence-corrected chi connectivity index (χ2v) is 6.28. The largest absolute Gasteiger partial charge is 0.314 e. The smallest absolute Gasteiger partial charge is 0.00675 e. The summed E-state index contributed by atoms with van der Waals surface area (Å²) >= 11 is 0. The first-order chi connectivity index (χ1) is 7.20. The highest BCUT2D eigenvalue weighted by Gasteiger charge is 2.37. The van der Waals surface area contributed by atoms with Gasteiger partial charge in [0.25, 0.3) is 0 Å². The van der Waals surface area contributed by atoms with Crippen molar-refractivity contribution in [1.29, 1.82) is 0 Å². The summed E-state index contributed by atoms with van der Waals surface area (Å²) < 4.78 is 0. The van der Waals surface area contributed by atoms with Crippen molar-refractivity contribution in [1.82, 2.24) is 5.32 Å². The first-order valence-electron chi connectivity index (χ1n) is 6.94. The third-order valence-electron chi connectivity index (χ3n) is 4.53. The summed E-state index contributed by atoms with van der Waals surface area (Å²) in [4.78, 5) is 0. The predicted molar refractivity (Wildman–Crippen MR) is 66.0 cm³/mol. The van der Waals surface area contributed by atoms with Crippen LogP contribution in [0, 0.1) is 11.3 Å². The number of rotatable bonds is 3. The second kappa shape index (κ2) is 4.86. The molecule has 0 saturated heterocycles. The SMILES string of the molecule is CC(C)CNC1CCC2(CCCC2)CC1. The Morgan fingerprint density at radius 2 is 1.67 bits per heavy atom. The average Bonchev–Trinajstić information content (AvgIpc) is 2.66. The van der Waals surface area contributed by atoms with E-state index in [4.69, 9.17) is 0 Å². The molecule has 0 aromatic heterocycles. The molecular formula is C14H27N. The van der Waals surface area contributed by atoms with E-state index in [1.807, 2.05) is 0 Å². The van der Waals surface area contributed by atoms with Crippen LogP contribution < -0.4 is 5.32 Å². The molecule has 0 aromatic rings. The van der Waals surface area contributed by atoms with Crippen molar-refractivity contribution in [3.63, 3.8) is 0 Å². The summed E-state index contributed by atoms with van der Waals surface area (Å²) in [6.07, 6.45) is 12.0. The van der Waals surface area contributed by atoms with Gasteiger partial charge in [-0.25, -0.2) is 0 Å². The summed E-state index contributed by atoms with van der Waals surface area (Å²) in [7, 11) is 0. The van der Waals surface area contributed by atoms with Crippen LogP contribution in [0.3, 0.4) is 0 Å². The topological polar surface area (TPSA) is 12.0 Å². The fraction of sp³-hybridized carbons (Fsp3) is 1.00. The molecule has 0 heterocycles. The first kappa shape index (κ1) is 11.4. The Hall–Kier alpha value is -0.0400. The molecule has 0 aliphatic heterocycles. The molecule has 0 aromatic carbocycles. The van der Waals surface area contributed by atoms with Gasteiger partial charge in [-0.15, -0.1) is 0 Å². The van der Waals surface area contributed by atoms with Gasteiger partial charge in [0.15, 0.2) is 0 Å². The third-order valence-corrected chi connectivity index (χ3v) is 4.53. The molecule has 0 unspecified atom stereocenters. The summed E-state index contributed by atoms with van der Waals surface area (Å²) in [6.45, 7) is 5.81. The van der Waals surface area contributed by atoms with Crippen LogP contribution in [0.15, 0.2) is 0 Å². The molecule has 1 spiro atoms. The molecule has 2 saturated carbocycles. The lowest BCUT2D eigenvalue weighted by Crippen LogP contribution is -2.38. The van der Waals surface area contributed by atoms with Crippen LogP contribution in [-0.4, -0.2) is 12.6 Å². The third kappa shape index (κ3) is 2.96. The summed E-state index contributed by atoms with van der Waals surface area (Å²) in [5.74, 6) is 0.798. The number of nitrogens with one attached hydrogen (secondary N) is 1. The summed E-state index contributed by atoms with van der Waals surface area (Å²) in [6, 6.07) is 0.832. The van der Waals surface area contributed by atoms with E-state index in [0.29, 0.717) is 0 Å². The van der Waals surface area contributed by atoms with E-state index in [1.54, 1.807) is 0 Å². The highest BCUT2D eigenvalue weighted by Crippen LogP contribution is 2.48. The zero-order valence-electron chi connectivity index (χ0n) is 10.5. The van der Waals surface area contributed by atoms with E-state index in [9.17, 15) is 0 Å². The molecule has 0 amide bonds. The Morgan fingerprint density at radius 1 is 1.07 bits per heavy atom. The minimum atomic E-state index is 0.798. The molecule has 1 heteroatoms. The molecule has 2 rings (SSSR count). The molecule has 0 bridgehead atoms. The van der Waals surface area contributed by atoms with Gasteiger partial charge in [0.1, 0.15) is 0 Å². The molecule has 2 aliphatic rings. The molecule has 1 nitrogen and oxygen atoms in total. The molecular weight excluding hydrogens is 182 g/mol. The highest BCUT2D eigenvalue weighted by atomic mass is 14.9. The van der Waals surface area contributed by atoms with Gasteiger partial charge in [-0.1, -0.05) is 26.7 Å². The lowest BCUT2D eigenvalue weighted by molar-refractivity contribution is 0.167. The van der Waals surface area contributed by atoms with Crippen LogP contribution >= 0.6 is 0 Å². The minimum Gasteiger partial charge on any atom is -0.314 e. The lowest BCUT2D eigenvalue weighted by Gasteiger charge is -2.37. The fourth-order valence-electron chi connectivity index (χ4n) is 3.46. The van der Waals surface area contributed by atoms with Crippen molar-refractivity contribution in [3.8, 4) is 0 Å². The quantitative estimate of drug-likeness (QED) is 0.746. The monoisotopic (exact) mass is 209 g/mol.